The third-order valence-electron chi connectivity index (χ3n) is 9.00. The fourth-order valence-corrected chi connectivity index (χ4v) is 7.40. The van der Waals surface area contributed by atoms with Crippen LogP contribution >= 0.6 is 0 Å². The third-order valence-corrected chi connectivity index (χ3v) is 10.5. The molecule has 8 nitrogen and oxygen atoms in total. The average molecular weight is 698 g/mol. The molecule has 1 aliphatic carbocycles. The number of benzene rings is 1. The quantitative estimate of drug-likeness (QED) is 0.0802. The average Bonchev–Trinajstić information content (AvgIpc) is 3.02. The van der Waals surface area contributed by atoms with E-state index in [2.05, 4.69) is 29.9 Å². The normalized spacial score (nSPS) is 23.0. The third kappa shape index (κ3) is 10.6. The van der Waals surface area contributed by atoms with Crippen molar-refractivity contribution >= 4 is 10.0 Å². The van der Waals surface area contributed by atoms with Crippen molar-refractivity contribution in [3.63, 3.8) is 0 Å². The molecule has 3 atom stereocenters. The van der Waals surface area contributed by atoms with Gasteiger partial charge in [0.15, 0.2) is 6.79 Å². The first kappa shape index (κ1) is 39.2. The number of halogens is 5. The molecule has 3 rings (SSSR count). The van der Waals surface area contributed by atoms with Gasteiger partial charge in [-0.3, -0.25) is 0 Å². The molecule has 1 aromatic carbocycles. The summed E-state index contributed by atoms with van der Waals surface area (Å²) in [6.45, 7) is 3.01. The minimum absolute atomic E-state index is 0.0984. The van der Waals surface area contributed by atoms with Crippen molar-refractivity contribution in [3.05, 3.63) is 48.1 Å². The maximum atomic E-state index is 13.0. The van der Waals surface area contributed by atoms with Crippen LogP contribution in [0.2, 0.25) is 0 Å². The van der Waals surface area contributed by atoms with E-state index in [1.807, 2.05) is 24.3 Å². The van der Waals surface area contributed by atoms with Crippen molar-refractivity contribution in [2.24, 2.45) is 5.41 Å². The molecule has 0 bridgehead atoms. The van der Waals surface area contributed by atoms with Gasteiger partial charge in [0.2, 0.25) is 10.0 Å². The Morgan fingerprint density at radius 1 is 0.957 bits per heavy atom. The summed E-state index contributed by atoms with van der Waals surface area (Å²) >= 11 is 0. The number of fused-ring (bicyclic) bond motifs is 1. The molecule has 3 unspecified atom stereocenters. The number of hydrogen-bond donors (Lipinski definition) is 1. The number of sulfonamides is 1. The van der Waals surface area contributed by atoms with Crippen LogP contribution in [0.5, 0.6) is 11.5 Å². The van der Waals surface area contributed by atoms with Crippen LogP contribution in [0.3, 0.4) is 0 Å². The summed E-state index contributed by atoms with van der Waals surface area (Å²) < 4.78 is 118. The smallest absolute Gasteiger partial charge is 0.453 e. The molecule has 2 aliphatic rings. The molecule has 47 heavy (non-hydrogen) atoms. The van der Waals surface area contributed by atoms with Crippen molar-refractivity contribution in [3.8, 4) is 11.5 Å². The van der Waals surface area contributed by atoms with E-state index in [1.165, 1.54) is 0 Å². The molecule has 268 valence electrons. The van der Waals surface area contributed by atoms with E-state index >= 15 is 0 Å². The second-order valence-electron chi connectivity index (χ2n) is 12.4. The first-order valence-electron chi connectivity index (χ1n) is 16.0. The van der Waals surface area contributed by atoms with E-state index < -0.39 is 51.7 Å². The lowest BCUT2D eigenvalue weighted by Gasteiger charge is -2.53. The van der Waals surface area contributed by atoms with Crippen molar-refractivity contribution in [1.29, 1.82) is 0 Å². The molecule has 0 saturated heterocycles. The standard InChI is InChI=1S/C33H48F5NO7S/c1-30(31(46-25-43-3)17-10-8-11-18-31)23-44-29-22-26(45-24-42-2)15-16-27(29)28(30)14-9-6-4-5-7-12-20-39-47(40,41)21-13-19-32(34,35)33(36,37)38/h8,10-11,15-17,22,28,39H,4-7,9,12-14,18-21,23-25H2,1-3H3. The molecule has 0 spiro atoms. The number of methoxy groups -OCH3 is 2. The summed E-state index contributed by atoms with van der Waals surface area (Å²) in [7, 11) is -0.764. The van der Waals surface area contributed by atoms with Crippen molar-refractivity contribution in [1.82, 2.24) is 4.72 Å². The number of hydrogen-bond acceptors (Lipinski definition) is 7. The first-order valence-corrected chi connectivity index (χ1v) is 17.6. The number of nitrogens with one attached hydrogen (secondary N) is 1. The Hall–Kier alpha value is -2.26. The van der Waals surface area contributed by atoms with Gasteiger partial charge >= 0.3 is 12.1 Å². The number of unbranched alkanes of at least 4 members (excludes halogenated alkanes) is 5. The lowest BCUT2D eigenvalue weighted by Crippen LogP contribution is -2.56. The number of ether oxygens (including phenoxy) is 5. The highest BCUT2D eigenvalue weighted by molar-refractivity contribution is 7.89. The molecule has 0 fully saturated rings. The van der Waals surface area contributed by atoms with Crippen molar-refractivity contribution < 1.29 is 54.1 Å². The van der Waals surface area contributed by atoms with Crippen LogP contribution in [0, 0.1) is 5.41 Å². The maximum absolute atomic E-state index is 13.0. The molecular weight excluding hydrogens is 649 g/mol. The van der Waals surface area contributed by atoms with Crippen LogP contribution in [-0.4, -0.2) is 72.8 Å². The zero-order valence-electron chi connectivity index (χ0n) is 27.4. The predicted molar refractivity (Wildman–Crippen MR) is 168 cm³/mol. The van der Waals surface area contributed by atoms with Gasteiger partial charge in [-0.1, -0.05) is 69.4 Å². The van der Waals surface area contributed by atoms with Crippen LogP contribution in [0.4, 0.5) is 22.0 Å². The van der Waals surface area contributed by atoms with Crippen LogP contribution in [0.15, 0.2) is 42.5 Å². The molecule has 1 aromatic rings. The lowest BCUT2D eigenvalue weighted by atomic mass is 9.59. The topological polar surface area (TPSA) is 92.3 Å². The molecule has 0 radical (unpaired) electrons. The van der Waals surface area contributed by atoms with Gasteiger partial charge in [-0.05, 0) is 43.2 Å². The molecular formula is C33H48F5NO7S. The summed E-state index contributed by atoms with van der Waals surface area (Å²) in [6.07, 6.45) is 6.74. The second-order valence-corrected chi connectivity index (χ2v) is 14.3. The first-order chi connectivity index (χ1) is 22.2. The van der Waals surface area contributed by atoms with E-state index in [0.717, 1.165) is 49.8 Å². The molecule has 0 aromatic heterocycles. The largest absolute Gasteiger partial charge is 0.492 e. The fourth-order valence-electron chi connectivity index (χ4n) is 6.27. The van der Waals surface area contributed by atoms with Crippen molar-refractivity contribution in [2.45, 2.75) is 94.7 Å². The molecule has 0 saturated carbocycles. The van der Waals surface area contributed by atoms with Crippen LogP contribution in [0.1, 0.15) is 82.6 Å². The van der Waals surface area contributed by atoms with Gasteiger partial charge in [0, 0.05) is 38.7 Å². The van der Waals surface area contributed by atoms with E-state index in [4.69, 9.17) is 23.7 Å². The summed E-state index contributed by atoms with van der Waals surface area (Å²) in [5.41, 5.74) is 0.0214. The van der Waals surface area contributed by atoms with E-state index in [9.17, 15) is 30.4 Å². The van der Waals surface area contributed by atoms with Gasteiger partial charge in [0.05, 0.1) is 12.4 Å². The molecule has 1 N–H and O–H groups in total. The highest BCUT2D eigenvalue weighted by Gasteiger charge is 2.57. The van der Waals surface area contributed by atoms with Gasteiger partial charge in [-0.15, -0.1) is 0 Å². The molecule has 1 heterocycles. The Morgan fingerprint density at radius 2 is 1.66 bits per heavy atom. The summed E-state index contributed by atoms with van der Waals surface area (Å²) in [5.74, 6) is -4.15. The molecule has 1 aliphatic heterocycles. The zero-order valence-corrected chi connectivity index (χ0v) is 28.2. The van der Waals surface area contributed by atoms with Crippen LogP contribution < -0.4 is 14.2 Å². The summed E-state index contributed by atoms with van der Waals surface area (Å²) in [5, 5.41) is 0. The number of alkyl halides is 5. The van der Waals surface area contributed by atoms with Crippen molar-refractivity contribution in [2.75, 3.05) is 46.7 Å². The Labute approximate surface area is 275 Å². The van der Waals surface area contributed by atoms with E-state index in [-0.39, 0.29) is 26.0 Å². The SMILES string of the molecule is COCOc1ccc2c(c1)OCC(C)(C1(OCOC)C=CC=CC1)C2CCCCCCCCNS(=O)(=O)CCCC(F)(F)C(F)(F)F. The predicted octanol–water partition coefficient (Wildman–Crippen LogP) is 7.65. The summed E-state index contributed by atoms with van der Waals surface area (Å²) in [6, 6.07) is 5.87. The monoisotopic (exact) mass is 697 g/mol. The fraction of sp³-hybridized carbons (Fsp3) is 0.697. The van der Waals surface area contributed by atoms with E-state index in [1.54, 1.807) is 14.2 Å². The van der Waals surface area contributed by atoms with Gasteiger partial charge < -0.3 is 23.7 Å². The molecule has 14 heteroatoms. The Morgan fingerprint density at radius 3 is 2.32 bits per heavy atom. The second kappa shape index (κ2) is 17.4. The molecule has 0 amide bonds. The van der Waals surface area contributed by atoms with Gasteiger partial charge in [0.25, 0.3) is 0 Å². The minimum Gasteiger partial charge on any atom is -0.492 e. The van der Waals surface area contributed by atoms with Crippen LogP contribution in [-0.2, 0) is 24.2 Å². The minimum atomic E-state index is -5.69. The Balaban J connectivity index is 1.52. The number of rotatable bonds is 21. The Kier molecular flexibility index (Phi) is 14.5. The number of allylic oxidation sites excluding steroid dienone is 2. The highest BCUT2D eigenvalue weighted by Crippen LogP contribution is 2.56. The van der Waals surface area contributed by atoms with Gasteiger partial charge in [-0.25, -0.2) is 13.1 Å². The Bertz CT molecular complexity index is 1290. The highest BCUT2D eigenvalue weighted by atomic mass is 32.2. The zero-order chi connectivity index (χ0) is 34.6. The lowest BCUT2D eigenvalue weighted by molar-refractivity contribution is -0.284. The maximum Gasteiger partial charge on any atom is 0.453 e. The van der Waals surface area contributed by atoms with Gasteiger partial charge in [0.1, 0.15) is 23.9 Å². The van der Waals surface area contributed by atoms with Gasteiger partial charge in [-0.2, -0.15) is 22.0 Å². The summed E-state index contributed by atoms with van der Waals surface area (Å²) in [4.78, 5) is 0. The van der Waals surface area contributed by atoms with Crippen LogP contribution in [0.25, 0.3) is 0 Å². The van der Waals surface area contributed by atoms with E-state index in [0.29, 0.717) is 25.2 Å².